The van der Waals surface area contributed by atoms with Crippen LogP contribution in [0.25, 0.3) is 0 Å². The van der Waals surface area contributed by atoms with Crippen molar-refractivity contribution in [2.24, 2.45) is 4.99 Å². The maximum atomic E-state index is 6.06. The van der Waals surface area contributed by atoms with Gasteiger partial charge in [0.05, 0.1) is 19.7 Å². The molecule has 0 aliphatic carbocycles. The Morgan fingerprint density at radius 1 is 1.32 bits per heavy atom. The Kier molecular flexibility index (Phi) is 8.68. The van der Waals surface area contributed by atoms with E-state index in [9.17, 15) is 0 Å². The molecule has 1 atom stereocenters. The lowest BCUT2D eigenvalue weighted by Gasteiger charge is -2.36. The van der Waals surface area contributed by atoms with Crippen LogP contribution in [0, 0.1) is 20.8 Å². The van der Waals surface area contributed by atoms with Crippen molar-refractivity contribution in [2.45, 2.75) is 40.2 Å². The van der Waals surface area contributed by atoms with Crippen molar-refractivity contribution in [3.05, 3.63) is 46.6 Å². The fraction of sp³-hybridized carbons (Fsp3) is 0.550. The van der Waals surface area contributed by atoms with E-state index < -0.39 is 0 Å². The van der Waals surface area contributed by atoms with Crippen LogP contribution >= 0.6 is 24.0 Å². The highest BCUT2D eigenvalue weighted by atomic mass is 127. The van der Waals surface area contributed by atoms with Crippen molar-refractivity contribution >= 4 is 29.9 Å². The molecule has 28 heavy (non-hydrogen) atoms. The second kappa shape index (κ2) is 10.8. The van der Waals surface area contributed by atoms with Crippen molar-refractivity contribution in [1.82, 2.24) is 20.4 Å². The summed E-state index contributed by atoms with van der Waals surface area (Å²) in [6.45, 7) is 11.9. The second-order valence-corrected chi connectivity index (χ2v) is 6.89. The van der Waals surface area contributed by atoms with Crippen LogP contribution in [-0.2, 0) is 11.2 Å². The lowest BCUT2D eigenvalue weighted by Crippen LogP contribution is -2.48. The average molecular weight is 499 g/mol. The molecule has 1 aliphatic rings. The van der Waals surface area contributed by atoms with E-state index in [0.717, 1.165) is 25.6 Å². The molecule has 1 aromatic heterocycles. The molecule has 1 aliphatic heterocycles. The number of rotatable bonds is 5. The third-order valence-electron chi connectivity index (χ3n) is 4.63. The minimum Gasteiger partial charge on any atom is -0.370 e. The predicted octanol–water partition coefficient (Wildman–Crippen LogP) is 3.19. The number of morpholine rings is 1. The number of aryl methyl sites for hydroxylation is 3. The maximum Gasteiger partial charge on any atom is 0.228 e. The summed E-state index contributed by atoms with van der Waals surface area (Å²) in [5.41, 5.74) is 3.80. The molecule has 1 fully saturated rings. The fourth-order valence-electron chi connectivity index (χ4n) is 3.34. The van der Waals surface area contributed by atoms with Crippen molar-refractivity contribution in [3.8, 4) is 0 Å². The van der Waals surface area contributed by atoms with Crippen molar-refractivity contribution in [3.63, 3.8) is 0 Å². The monoisotopic (exact) mass is 499 g/mol. The number of nitrogens with zero attached hydrogens (tertiary/aromatic N) is 4. The lowest BCUT2D eigenvalue weighted by atomic mass is 10.00. The number of halogens is 1. The summed E-state index contributed by atoms with van der Waals surface area (Å²) in [4.78, 5) is 11.3. The van der Waals surface area contributed by atoms with Crippen molar-refractivity contribution in [2.75, 3.05) is 32.8 Å². The van der Waals surface area contributed by atoms with E-state index in [0.29, 0.717) is 31.3 Å². The highest BCUT2D eigenvalue weighted by Crippen LogP contribution is 2.25. The van der Waals surface area contributed by atoms with Gasteiger partial charge in [0.2, 0.25) is 5.89 Å². The van der Waals surface area contributed by atoms with Gasteiger partial charge in [0.25, 0.3) is 0 Å². The number of aliphatic imine (C=N–C) groups is 1. The number of hydrogen-bond acceptors (Lipinski definition) is 5. The minimum atomic E-state index is 0. The minimum absolute atomic E-state index is 0. The number of hydrogen-bond donors (Lipinski definition) is 1. The van der Waals surface area contributed by atoms with Crippen molar-refractivity contribution in [1.29, 1.82) is 0 Å². The summed E-state index contributed by atoms with van der Waals surface area (Å²) in [5, 5.41) is 7.21. The van der Waals surface area contributed by atoms with Gasteiger partial charge in [-0.2, -0.15) is 4.98 Å². The molecule has 154 valence electrons. The van der Waals surface area contributed by atoms with Gasteiger partial charge in [-0.25, -0.2) is 0 Å². The van der Waals surface area contributed by atoms with E-state index in [2.05, 4.69) is 59.3 Å². The Labute approximate surface area is 184 Å². The lowest BCUT2D eigenvalue weighted by molar-refractivity contribution is -0.00833. The molecule has 0 amide bonds. The standard InChI is InChI=1S/C20H29N5O2.HI/c1-5-21-20(22-9-8-19-23-16(4)24-27-19)25-10-11-26-18(13-25)17-7-6-14(2)12-15(17)3;/h6-7,12,18H,5,8-11,13H2,1-4H3,(H,21,22);1H. The van der Waals surface area contributed by atoms with E-state index in [4.69, 9.17) is 14.3 Å². The molecule has 2 aromatic rings. The maximum absolute atomic E-state index is 6.06. The normalized spacial score (nSPS) is 17.4. The van der Waals surface area contributed by atoms with Crippen LogP contribution in [0.4, 0.5) is 0 Å². The number of ether oxygens (including phenoxy) is 1. The van der Waals surface area contributed by atoms with Gasteiger partial charge < -0.3 is 19.5 Å². The highest BCUT2D eigenvalue weighted by Gasteiger charge is 2.25. The Hall–Kier alpha value is -1.68. The molecule has 1 aromatic carbocycles. The summed E-state index contributed by atoms with van der Waals surface area (Å²) < 4.78 is 11.2. The second-order valence-electron chi connectivity index (χ2n) is 6.89. The quantitative estimate of drug-likeness (QED) is 0.387. The third-order valence-corrected chi connectivity index (χ3v) is 4.63. The van der Waals surface area contributed by atoms with Crippen LogP contribution < -0.4 is 5.32 Å². The molecular formula is C20H30IN5O2. The Morgan fingerprint density at radius 3 is 2.82 bits per heavy atom. The first-order chi connectivity index (χ1) is 13.1. The van der Waals surface area contributed by atoms with Crippen LogP contribution in [0.1, 0.15) is 41.4 Å². The van der Waals surface area contributed by atoms with E-state index in [1.807, 2.05) is 6.92 Å². The zero-order valence-electron chi connectivity index (χ0n) is 17.1. The first-order valence-corrected chi connectivity index (χ1v) is 9.58. The van der Waals surface area contributed by atoms with Gasteiger partial charge in [0, 0.05) is 19.5 Å². The topological polar surface area (TPSA) is 75.8 Å². The molecule has 0 saturated carbocycles. The third kappa shape index (κ3) is 5.91. The zero-order valence-corrected chi connectivity index (χ0v) is 19.4. The fourth-order valence-corrected chi connectivity index (χ4v) is 3.34. The smallest absolute Gasteiger partial charge is 0.228 e. The average Bonchev–Trinajstić information content (AvgIpc) is 3.06. The van der Waals surface area contributed by atoms with Crippen LogP contribution in [0.3, 0.4) is 0 Å². The number of nitrogens with one attached hydrogen (secondary N) is 1. The highest BCUT2D eigenvalue weighted by molar-refractivity contribution is 14.0. The SMILES string of the molecule is CCNC(=NCCc1nc(C)no1)N1CCOC(c2ccc(C)cc2C)C1.I. The Bertz CT molecular complexity index is 793. The van der Waals surface area contributed by atoms with Crippen LogP contribution in [-0.4, -0.2) is 53.8 Å². The van der Waals surface area contributed by atoms with Crippen molar-refractivity contribution < 1.29 is 9.26 Å². The zero-order chi connectivity index (χ0) is 19.2. The number of benzene rings is 1. The van der Waals surface area contributed by atoms with E-state index in [1.165, 1.54) is 16.7 Å². The summed E-state index contributed by atoms with van der Waals surface area (Å²) in [5.74, 6) is 2.19. The molecule has 0 bridgehead atoms. The summed E-state index contributed by atoms with van der Waals surface area (Å²) >= 11 is 0. The largest absolute Gasteiger partial charge is 0.370 e. The number of aromatic nitrogens is 2. The van der Waals surface area contributed by atoms with Gasteiger partial charge in [-0.15, -0.1) is 24.0 Å². The van der Waals surface area contributed by atoms with Crippen LogP contribution in [0.5, 0.6) is 0 Å². The van der Waals surface area contributed by atoms with Gasteiger partial charge in [-0.1, -0.05) is 28.9 Å². The van der Waals surface area contributed by atoms with Gasteiger partial charge in [-0.3, -0.25) is 4.99 Å². The Balaban J connectivity index is 0.00000280. The molecule has 1 N–H and O–H groups in total. The van der Waals surface area contributed by atoms with Crippen LogP contribution in [0.2, 0.25) is 0 Å². The van der Waals surface area contributed by atoms with E-state index in [-0.39, 0.29) is 30.1 Å². The Morgan fingerprint density at radius 2 is 2.14 bits per heavy atom. The first kappa shape index (κ1) is 22.6. The van der Waals surface area contributed by atoms with Gasteiger partial charge in [0.15, 0.2) is 11.8 Å². The molecule has 0 spiro atoms. The van der Waals surface area contributed by atoms with Gasteiger partial charge in [0.1, 0.15) is 6.10 Å². The predicted molar refractivity (Wildman–Crippen MR) is 120 cm³/mol. The molecule has 1 saturated heterocycles. The summed E-state index contributed by atoms with van der Waals surface area (Å²) in [6, 6.07) is 6.54. The molecule has 1 unspecified atom stereocenters. The molecule has 8 heteroatoms. The molecule has 7 nitrogen and oxygen atoms in total. The van der Waals surface area contributed by atoms with E-state index >= 15 is 0 Å². The molecule has 0 radical (unpaired) electrons. The summed E-state index contributed by atoms with van der Waals surface area (Å²) in [7, 11) is 0. The molecule has 2 heterocycles. The van der Waals surface area contributed by atoms with Gasteiger partial charge >= 0.3 is 0 Å². The van der Waals surface area contributed by atoms with E-state index in [1.54, 1.807) is 0 Å². The van der Waals surface area contributed by atoms with Gasteiger partial charge in [-0.05, 0) is 38.8 Å². The molecule has 3 rings (SSSR count). The first-order valence-electron chi connectivity index (χ1n) is 9.58. The summed E-state index contributed by atoms with van der Waals surface area (Å²) in [6.07, 6.45) is 0.697. The van der Waals surface area contributed by atoms with Crippen LogP contribution in [0.15, 0.2) is 27.7 Å². The molecular weight excluding hydrogens is 469 g/mol. The number of guanidine groups is 1.